The first-order valence-corrected chi connectivity index (χ1v) is 10.5. The van der Waals surface area contributed by atoms with E-state index >= 15 is 0 Å². The molecule has 0 spiro atoms. The highest BCUT2D eigenvalue weighted by atomic mass is 32.2. The maximum Gasteiger partial charge on any atom is 0.416 e. The lowest BCUT2D eigenvalue weighted by molar-refractivity contribution is -0.140. The average molecular weight is 427 g/mol. The van der Waals surface area contributed by atoms with Crippen LogP contribution in [0.25, 0.3) is 0 Å². The summed E-state index contributed by atoms with van der Waals surface area (Å²) in [5, 5.41) is 0. The molecule has 1 aliphatic rings. The number of hydrogen-bond donors (Lipinski definition) is 0. The van der Waals surface area contributed by atoms with Gasteiger partial charge in [-0.1, -0.05) is 23.8 Å². The first-order chi connectivity index (χ1) is 13.6. The van der Waals surface area contributed by atoms with Crippen molar-refractivity contribution in [2.75, 3.05) is 13.1 Å². The summed E-state index contributed by atoms with van der Waals surface area (Å²) in [4.78, 5) is 11.9. The van der Waals surface area contributed by atoms with Crippen LogP contribution in [0.1, 0.15) is 24.0 Å². The van der Waals surface area contributed by atoms with E-state index in [9.17, 15) is 26.4 Å². The average Bonchev–Trinajstić information content (AvgIpc) is 2.69. The summed E-state index contributed by atoms with van der Waals surface area (Å²) in [7, 11) is -4.08. The van der Waals surface area contributed by atoms with Crippen molar-refractivity contribution in [3.05, 3.63) is 59.7 Å². The Kier molecular flexibility index (Phi) is 6.00. The van der Waals surface area contributed by atoms with Gasteiger partial charge >= 0.3 is 12.1 Å². The minimum absolute atomic E-state index is 0.0340. The molecule has 0 bridgehead atoms. The number of benzene rings is 2. The van der Waals surface area contributed by atoms with Gasteiger partial charge in [0.1, 0.15) is 5.75 Å². The van der Waals surface area contributed by atoms with Crippen molar-refractivity contribution in [2.45, 2.75) is 30.8 Å². The maximum atomic E-state index is 12.9. The highest BCUT2D eigenvalue weighted by Crippen LogP contribution is 2.32. The van der Waals surface area contributed by atoms with Gasteiger partial charge in [0.05, 0.1) is 16.4 Å². The third-order valence-corrected chi connectivity index (χ3v) is 6.72. The van der Waals surface area contributed by atoms with Crippen LogP contribution in [0.2, 0.25) is 0 Å². The number of sulfonamides is 1. The third-order valence-electron chi connectivity index (χ3n) is 4.83. The smallest absolute Gasteiger partial charge is 0.416 e. The number of esters is 1. The Labute approximate surface area is 167 Å². The fourth-order valence-electron chi connectivity index (χ4n) is 3.12. The normalized spacial score (nSPS) is 16.6. The summed E-state index contributed by atoms with van der Waals surface area (Å²) in [6.45, 7) is 1.98. The number of hydrogen-bond acceptors (Lipinski definition) is 4. The Morgan fingerprint density at radius 1 is 1.07 bits per heavy atom. The third kappa shape index (κ3) is 4.97. The molecule has 2 aromatic rings. The van der Waals surface area contributed by atoms with Crippen LogP contribution in [0.5, 0.6) is 5.75 Å². The van der Waals surface area contributed by atoms with Crippen LogP contribution in [-0.2, 0) is 21.0 Å². The zero-order chi connectivity index (χ0) is 21.2. The molecule has 156 valence electrons. The fourth-order valence-corrected chi connectivity index (χ4v) is 4.64. The van der Waals surface area contributed by atoms with Crippen molar-refractivity contribution in [3.63, 3.8) is 0 Å². The number of halogens is 3. The van der Waals surface area contributed by atoms with E-state index in [1.807, 2.05) is 19.1 Å². The molecule has 0 amide bonds. The quantitative estimate of drug-likeness (QED) is 0.546. The van der Waals surface area contributed by atoms with Gasteiger partial charge in [0.2, 0.25) is 10.0 Å². The lowest BCUT2D eigenvalue weighted by Crippen LogP contribution is -2.41. The van der Waals surface area contributed by atoms with Crippen LogP contribution in [0.4, 0.5) is 13.2 Å². The molecule has 1 aliphatic heterocycles. The van der Waals surface area contributed by atoms with Crippen LogP contribution in [0.15, 0.2) is 53.4 Å². The second kappa shape index (κ2) is 8.16. The van der Waals surface area contributed by atoms with Gasteiger partial charge in [-0.25, -0.2) is 8.42 Å². The molecule has 0 unspecified atom stereocenters. The standard InChI is InChI=1S/C20H20F3NO4S/c1-14-5-7-17(8-6-14)28-19(25)15-9-11-24(12-10-15)29(26,27)18-4-2-3-16(13-18)20(21,22)23/h2-8,13,15H,9-12H2,1H3. The number of alkyl halides is 3. The molecule has 1 heterocycles. The molecule has 0 aromatic heterocycles. The van der Waals surface area contributed by atoms with Crippen molar-refractivity contribution in [1.82, 2.24) is 4.31 Å². The monoisotopic (exact) mass is 427 g/mol. The zero-order valence-corrected chi connectivity index (χ0v) is 16.5. The molecule has 3 rings (SSSR count). The fraction of sp³-hybridized carbons (Fsp3) is 0.350. The molecule has 0 saturated carbocycles. The summed E-state index contributed by atoms with van der Waals surface area (Å²) < 4.78 is 70.5. The number of carbonyl (C=O) groups excluding carboxylic acids is 1. The number of carbonyl (C=O) groups is 1. The Morgan fingerprint density at radius 3 is 2.28 bits per heavy atom. The van der Waals surface area contributed by atoms with Crippen LogP contribution >= 0.6 is 0 Å². The highest BCUT2D eigenvalue weighted by Gasteiger charge is 2.35. The molecule has 0 aliphatic carbocycles. The summed E-state index contributed by atoms with van der Waals surface area (Å²) in [6.07, 6.45) is -4.15. The van der Waals surface area contributed by atoms with Crippen molar-refractivity contribution in [3.8, 4) is 5.75 Å². The van der Waals surface area contributed by atoms with Crippen molar-refractivity contribution < 1.29 is 31.1 Å². The van der Waals surface area contributed by atoms with E-state index in [0.29, 0.717) is 11.8 Å². The lowest BCUT2D eigenvalue weighted by Gasteiger charge is -2.30. The minimum Gasteiger partial charge on any atom is -0.426 e. The molecule has 2 aromatic carbocycles. The molecule has 0 atom stereocenters. The SMILES string of the molecule is Cc1ccc(OC(=O)C2CCN(S(=O)(=O)c3cccc(C(F)(F)F)c3)CC2)cc1. The summed E-state index contributed by atoms with van der Waals surface area (Å²) in [5.41, 5.74) is 0.00745. The molecule has 1 saturated heterocycles. The number of ether oxygens (including phenoxy) is 1. The van der Waals surface area contributed by atoms with Gasteiger partial charge < -0.3 is 4.74 Å². The highest BCUT2D eigenvalue weighted by molar-refractivity contribution is 7.89. The Bertz CT molecular complexity index is 980. The van der Waals surface area contributed by atoms with Crippen molar-refractivity contribution in [1.29, 1.82) is 0 Å². The second-order valence-electron chi connectivity index (χ2n) is 6.94. The van der Waals surface area contributed by atoms with E-state index in [1.54, 1.807) is 12.1 Å². The minimum atomic E-state index is -4.63. The van der Waals surface area contributed by atoms with Crippen molar-refractivity contribution >= 4 is 16.0 Å². The Morgan fingerprint density at radius 2 is 1.69 bits per heavy atom. The van der Waals surface area contributed by atoms with Crippen LogP contribution < -0.4 is 4.74 Å². The number of rotatable bonds is 4. The van der Waals surface area contributed by atoms with E-state index in [-0.39, 0.29) is 25.9 Å². The van der Waals surface area contributed by atoms with E-state index in [1.165, 1.54) is 0 Å². The van der Waals surface area contributed by atoms with Crippen LogP contribution in [0.3, 0.4) is 0 Å². The van der Waals surface area contributed by atoms with Gasteiger partial charge in [-0.2, -0.15) is 17.5 Å². The second-order valence-corrected chi connectivity index (χ2v) is 8.88. The van der Waals surface area contributed by atoms with Gasteiger partial charge in [-0.3, -0.25) is 4.79 Å². The van der Waals surface area contributed by atoms with E-state index < -0.39 is 38.5 Å². The molecule has 5 nitrogen and oxygen atoms in total. The largest absolute Gasteiger partial charge is 0.426 e. The van der Waals surface area contributed by atoms with Crippen LogP contribution in [-0.4, -0.2) is 31.8 Å². The number of aryl methyl sites for hydroxylation is 1. The number of nitrogens with zero attached hydrogens (tertiary/aromatic N) is 1. The van der Waals surface area contributed by atoms with Gasteiger partial charge in [0.15, 0.2) is 0 Å². The molecular weight excluding hydrogens is 407 g/mol. The maximum absolute atomic E-state index is 12.9. The van der Waals surface area contributed by atoms with E-state index in [2.05, 4.69) is 0 Å². The van der Waals surface area contributed by atoms with Gasteiger partial charge in [-0.05, 0) is 50.1 Å². The van der Waals surface area contributed by atoms with Gasteiger partial charge in [0, 0.05) is 13.1 Å². The predicted molar refractivity (Wildman–Crippen MR) is 99.7 cm³/mol. The lowest BCUT2D eigenvalue weighted by atomic mass is 9.98. The van der Waals surface area contributed by atoms with Crippen LogP contribution in [0, 0.1) is 12.8 Å². The first kappa shape index (κ1) is 21.3. The Balaban J connectivity index is 1.65. The summed E-state index contributed by atoms with van der Waals surface area (Å²) in [5.74, 6) is -0.492. The van der Waals surface area contributed by atoms with Gasteiger partial charge in [-0.15, -0.1) is 0 Å². The number of piperidine rings is 1. The van der Waals surface area contributed by atoms with Crippen molar-refractivity contribution in [2.24, 2.45) is 5.92 Å². The summed E-state index contributed by atoms with van der Waals surface area (Å²) >= 11 is 0. The molecule has 0 radical (unpaired) electrons. The zero-order valence-electron chi connectivity index (χ0n) is 15.6. The molecule has 1 fully saturated rings. The predicted octanol–water partition coefficient (Wildman–Crippen LogP) is 4.02. The molecule has 0 N–H and O–H groups in total. The van der Waals surface area contributed by atoms with Gasteiger partial charge in [0.25, 0.3) is 0 Å². The molecule has 9 heteroatoms. The topological polar surface area (TPSA) is 63.7 Å². The summed E-state index contributed by atoms with van der Waals surface area (Å²) in [6, 6.07) is 10.7. The van der Waals surface area contributed by atoms with E-state index in [0.717, 1.165) is 28.1 Å². The molecular formula is C20H20F3NO4S. The first-order valence-electron chi connectivity index (χ1n) is 9.03. The van der Waals surface area contributed by atoms with E-state index in [4.69, 9.17) is 4.74 Å². The Hall–Kier alpha value is -2.39. The molecule has 29 heavy (non-hydrogen) atoms.